The molecule has 5 rings (SSSR count). The van der Waals surface area contributed by atoms with E-state index >= 15 is 0 Å². The molecule has 0 amide bonds. The Hall–Kier alpha value is -2.71. The number of benzene rings is 3. The lowest BCUT2D eigenvalue weighted by Gasteiger charge is -2.22. The van der Waals surface area contributed by atoms with Gasteiger partial charge in [-0.15, -0.1) is 11.3 Å². The average molecular weight is 454 g/mol. The topological polar surface area (TPSA) is 12.9 Å². The highest BCUT2D eigenvalue weighted by molar-refractivity contribution is 7.26. The molecule has 2 aromatic heterocycles. The smallest absolute Gasteiger partial charge is 0.0880 e. The molecular weight excluding hydrogens is 418 g/mol. The summed E-state index contributed by atoms with van der Waals surface area (Å²) in [6, 6.07) is 17.5. The first-order valence-corrected chi connectivity index (χ1v) is 12.5. The van der Waals surface area contributed by atoms with Crippen LogP contribution in [-0.2, 0) is 11.8 Å². The average Bonchev–Trinajstić information content (AvgIpc) is 3.16. The predicted octanol–water partition coefficient (Wildman–Crippen LogP) is 9.46. The highest BCUT2D eigenvalue weighted by Crippen LogP contribution is 2.43. The maximum absolute atomic E-state index is 8.74. The van der Waals surface area contributed by atoms with Crippen molar-refractivity contribution in [3.8, 4) is 11.3 Å². The fourth-order valence-corrected chi connectivity index (χ4v) is 6.14. The van der Waals surface area contributed by atoms with Crippen molar-refractivity contribution in [3.05, 3.63) is 77.4 Å². The van der Waals surface area contributed by atoms with Crippen molar-refractivity contribution in [2.75, 3.05) is 0 Å². The first kappa shape index (κ1) is 19.7. The predicted molar refractivity (Wildman–Crippen MR) is 147 cm³/mol. The number of aromatic nitrogens is 1. The van der Waals surface area contributed by atoms with E-state index in [1.165, 1.54) is 32.2 Å². The minimum absolute atomic E-state index is 0.0352. The van der Waals surface area contributed by atoms with Crippen LogP contribution < -0.4 is 0 Å². The third-order valence-electron chi connectivity index (χ3n) is 6.45. The van der Waals surface area contributed by atoms with Gasteiger partial charge >= 0.3 is 0 Å². The summed E-state index contributed by atoms with van der Waals surface area (Å²) >= 11 is 1.73. The SMILES string of the molecule is [2H]c1nc(-c2cc(C(C)(C)C)c3ccccc3c2)c2sc3c(C)c(CC(C)(C)C)ccc3c2c1[2H]. The van der Waals surface area contributed by atoms with Gasteiger partial charge in [0.1, 0.15) is 0 Å². The molecular formula is C31H33NS. The maximum Gasteiger partial charge on any atom is 0.0880 e. The number of pyridine rings is 1. The standard InChI is InChI=1S/C31H33NS/c1-19-21(18-30(2,3)4)12-13-24-25-14-15-32-27(29(25)33-28(19)24)22-16-20-10-8-9-11-23(20)26(17-22)31(5,6)7/h8-17H,18H2,1-7H3/i14D,15D. The molecule has 0 saturated carbocycles. The van der Waals surface area contributed by atoms with Gasteiger partial charge in [-0.2, -0.15) is 0 Å². The lowest BCUT2D eigenvalue weighted by Crippen LogP contribution is -2.12. The molecule has 0 spiro atoms. The molecule has 0 aliphatic heterocycles. The van der Waals surface area contributed by atoms with Gasteiger partial charge in [-0.25, -0.2) is 0 Å². The van der Waals surface area contributed by atoms with E-state index in [-0.39, 0.29) is 23.0 Å². The van der Waals surface area contributed by atoms with Crippen molar-refractivity contribution in [1.82, 2.24) is 4.98 Å². The normalized spacial score (nSPS) is 13.7. The Kier molecular flexibility index (Phi) is 4.59. The zero-order chi connectivity index (χ0) is 25.3. The number of hydrogen-bond donors (Lipinski definition) is 0. The van der Waals surface area contributed by atoms with Gasteiger partial charge in [-0.3, -0.25) is 4.98 Å². The Morgan fingerprint density at radius 3 is 2.36 bits per heavy atom. The molecule has 0 atom stereocenters. The summed E-state index contributed by atoms with van der Waals surface area (Å²) in [7, 11) is 0. The van der Waals surface area contributed by atoms with E-state index in [1.54, 1.807) is 11.3 Å². The Morgan fingerprint density at radius 1 is 0.879 bits per heavy atom. The van der Waals surface area contributed by atoms with E-state index in [4.69, 9.17) is 7.73 Å². The lowest BCUT2D eigenvalue weighted by atomic mass is 9.82. The molecule has 5 aromatic rings. The van der Waals surface area contributed by atoms with Crippen molar-refractivity contribution in [3.63, 3.8) is 0 Å². The van der Waals surface area contributed by atoms with Gasteiger partial charge in [-0.05, 0) is 69.8 Å². The molecule has 0 bridgehead atoms. The van der Waals surface area contributed by atoms with E-state index in [1.807, 2.05) is 0 Å². The van der Waals surface area contributed by atoms with Gasteiger partial charge < -0.3 is 0 Å². The van der Waals surface area contributed by atoms with Crippen LogP contribution in [0, 0.1) is 12.3 Å². The molecule has 0 unspecified atom stereocenters. The second kappa shape index (κ2) is 7.67. The molecule has 2 heterocycles. The largest absolute Gasteiger partial charge is 0.255 e. The van der Waals surface area contributed by atoms with Gasteiger partial charge in [0, 0.05) is 27.2 Å². The summed E-state index contributed by atoms with van der Waals surface area (Å²) < 4.78 is 19.5. The molecule has 0 aliphatic rings. The first-order valence-electron chi connectivity index (χ1n) is 12.7. The number of hydrogen-bond acceptors (Lipinski definition) is 2. The van der Waals surface area contributed by atoms with Crippen LogP contribution in [-0.4, -0.2) is 4.98 Å². The molecule has 0 N–H and O–H groups in total. The van der Waals surface area contributed by atoms with Crippen molar-refractivity contribution in [2.45, 2.75) is 60.3 Å². The minimum atomic E-state index is -0.0352. The van der Waals surface area contributed by atoms with Gasteiger partial charge in [0.15, 0.2) is 0 Å². The van der Waals surface area contributed by atoms with Crippen LogP contribution in [0.5, 0.6) is 0 Å². The third-order valence-corrected chi connectivity index (χ3v) is 7.78. The van der Waals surface area contributed by atoms with Crippen molar-refractivity contribution >= 4 is 42.3 Å². The fourth-order valence-electron chi connectivity index (χ4n) is 4.84. The number of rotatable bonds is 2. The zero-order valence-corrected chi connectivity index (χ0v) is 21.5. The van der Waals surface area contributed by atoms with Gasteiger partial charge in [0.25, 0.3) is 0 Å². The monoisotopic (exact) mass is 453 g/mol. The summed E-state index contributed by atoms with van der Waals surface area (Å²) in [5.74, 6) is 0. The van der Waals surface area contributed by atoms with Crippen LogP contribution in [0.3, 0.4) is 0 Å². The molecule has 168 valence electrons. The van der Waals surface area contributed by atoms with Crippen LogP contribution in [0.25, 0.3) is 42.2 Å². The zero-order valence-electron chi connectivity index (χ0n) is 22.7. The maximum atomic E-state index is 8.74. The van der Waals surface area contributed by atoms with Crippen LogP contribution >= 0.6 is 11.3 Å². The molecule has 3 aromatic carbocycles. The highest BCUT2D eigenvalue weighted by atomic mass is 32.1. The number of aryl methyl sites for hydroxylation is 1. The molecule has 0 fully saturated rings. The van der Waals surface area contributed by atoms with E-state index < -0.39 is 0 Å². The molecule has 33 heavy (non-hydrogen) atoms. The Balaban J connectivity index is 1.85. The van der Waals surface area contributed by atoms with E-state index in [2.05, 4.69) is 97.0 Å². The summed E-state index contributed by atoms with van der Waals surface area (Å²) in [5, 5.41) is 4.35. The highest BCUT2D eigenvalue weighted by Gasteiger charge is 2.21. The van der Waals surface area contributed by atoms with E-state index in [0.29, 0.717) is 0 Å². The molecule has 0 radical (unpaired) electrons. The second-order valence-corrected chi connectivity index (χ2v) is 12.5. The molecule has 0 aliphatic carbocycles. The quantitative estimate of drug-likeness (QED) is 0.259. The summed E-state index contributed by atoms with van der Waals surface area (Å²) in [4.78, 5) is 4.70. The fraction of sp³-hybridized carbons (Fsp3) is 0.323. The van der Waals surface area contributed by atoms with Gasteiger partial charge in [-0.1, -0.05) is 77.9 Å². The Labute approximate surface area is 204 Å². The summed E-state index contributed by atoms with van der Waals surface area (Å²) in [6.45, 7) is 15.7. The van der Waals surface area contributed by atoms with Gasteiger partial charge in [0.05, 0.1) is 13.1 Å². The summed E-state index contributed by atoms with van der Waals surface area (Å²) in [5.41, 5.74) is 5.90. The van der Waals surface area contributed by atoms with Crippen molar-refractivity contribution in [1.29, 1.82) is 0 Å². The lowest BCUT2D eigenvalue weighted by molar-refractivity contribution is 0.410. The third kappa shape index (κ3) is 3.95. The first-order chi connectivity index (χ1) is 16.3. The molecule has 0 saturated heterocycles. The molecule has 1 nitrogen and oxygen atoms in total. The van der Waals surface area contributed by atoms with Crippen LogP contribution in [0.15, 0.2) is 60.7 Å². The second-order valence-electron chi connectivity index (χ2n) is 11.5. The Bertz CT molecular complexity index is 1610. The minimum Gasteiger partial charge on any atom is -0.255 e. The van der Waals surface area contributed by atoms with Crippen LogP contribution in [0.2, 0.25) is 0 Å². The van der Waals surface area contributed by atoms with Crippen LogP contribution in [0.4, 0.5) is 0 Å². The molecule has 2 heteroatoms. The van der Waals surface area contributed by atoms with Crippen molar-refractivity contribution in [2.24, 2.45) is 5.41 Å². The van der Waals surface area contributed by atoms with E-state index in [0.717, 1.165) is 33.2 Å². The number of fused-ring (bicyclic) bond motifs is 4. The Morgan fingerprint density at radius 2 is 1.64 bits per heavy atom. The number of thiophene rings is 1. The van der Waals surface area contributed by atoms with Crippen LogP contribution in [0.1, 0.15) is 61.0 Å². The van der Waals surface area contributed by atoms with E-state index in [9.17, 15) is 0 Å². The number of nitrogens with zero attached hydrogens (tertiary/aromatic N) is 1. The van der Waals surface area contributed by atoms with Gasteiger partial charge in [0.2, 0.25) is 0 Å². The van der Waals surface area contributed by atoms with Crippen molar-refractivity contribution < 1.29 is 2.74 Å². The summed E-state index contributed by atoms with van der Waals surface area (Å²) in [6.07, 6.45) is 1.04.